The van der Waals surface area contributed by atoms with Crippen LogP contribution in [0.1, 0.15) is 42.0 Å². The summed E-state index contributed by atoms with van der Waals surface area (Å²) >= 11 is 0. The molecule has 0 bridgehead atoms. The van der Waals surface area contributed by atoms with Crippen LogP contribution in [0.25, 0.3) is 16.6 Å². The van der Waals surface area contributed by atoms with Crippen molar-refractivity contribution in [2.24, 2.45) is 5.41 Å². The minimum atomic E-state index is -0.0178. The number of fused-ring (bicyclic) bond motifs is 2. The van der Waals surface area contributed by atoms with Crippen LogP contribution in [0.2, 0.25) is 0 Å². The zero-order chi connectivity index (χ0) is 17.1. The molecular weight excluding hydrogens is 300 g/mol. The summed E-state index contributed by atoms with van der Waals surface area (Å²) in [4.78, 5) is 20.9. The predicted molar refractivity (Wildman–Crippen MR) is 94.4 cm³/mol. The Morgan fingerprint density at radius 1 is 1.17 bits per heavy atom. The van der Waals surface area contributed by atoms with Crippen LogP contribution in [0.3, 0.4) is 0 Å². The number of hydrogen-bond acceptors (Lipinski definition) is 4. The normalized spacial score (nSPS) is 16.4. The van der Waals surface area contributed by atoms with Crippen molar-refractivity contribution >= 4 is 22.5 Å². The van der Waals surface area contributed by atoms with Gasteiger partial charge in [0.25, 0.3) is 0 Å². The lowest BCUT2D eigenvalue weighted by molar-refractivity contribution is 0.0911. The standard InChI is InChI=1S/C19H20N4O/c1-11-6-14-16(8-19(2,3)9-17(14)24)23(11)12-4-5-13-15(7-12)21-10-22-18(13)20/h4-7,10H,8-9H2,1-3H3,(H2,20,21,22). The molecule has 3 aromatic rings. The zero-order valence-electron chi connectivity index (χ0n) is 14.1. The fourth-order valence-corrected chi connectivity index (χ4v) is 3.72. The van der Waals surface area contributed by atoms with Gasteiger partial charge in [-0.05, 0) is 43.0 Å². The van der Waals surface area contributed by atoms with Gasteiger partial charge < -0.3 is 10.3 Å². The third-order valence-electron chi connectivity index (χ3n) is 4.78. The third-order valence-corrected chi connectivity index (χ3v) is 4.78. The molecule has 0 saturated heterocycles. The lowest BCUT2D eigenvalue weighted by atomic mass is 9.76. The third kappa shape index (κ3) is 2.19. The molecule has 0 radical (unpaired) electrons. The van der Waals surface area contributed by atoms with Crippen LogP contribution in [-0.4, -0.2) is 20.3 Å². The highest BCUT2D eigenvalue weighted by atomic mass is 16.1. The summed E-state index contributed by atoms with van der Waals surface area (Å²) in [7, 11) is 0. The van der Waals surface area contributed by atoms with Crippen LogP contribution in [-0.2, 0) is 6.42 Å². The Balaban J connectivity index is 1.94. The number of nitrogens with zero attached hydrogens (tertiary/aromatic N) is 3. The van der Waals surface area contributed by atoms with E-state index >= 15 is 0 Å². The molecule has 1 aliphatic carbocycles. The summed E-state index contributed by atoms with van der Waals surface area (Å²) in [6.45, 7) is 6.33. The molecule has 2 N–H and O–H groups in total. The van der Waals surface area contributed by atoms with E-state index in [0.717, 1.165) is 40.0 Å². The second-order valence-electron chi connectivity index (χ2n) is 7.38. The Hall–Kier alpha value is -2.69. The Labute approximate surface area is 140 Å². The van der Waals surface area contributed by atoms with E-state index in [4.69, 9.17) is 5.73 Å². The van der Waals surface area contributed by atoms with E-state index < -0.39 is 0 Å². The maximum absolute atomic E-state index is 12.5. The van der Waals surface area contributed by atoms with Crippen molar-refractivity contribution in [3.8, 4) is 5.69 Å². The average molecular weight is 320 g/mol. The molecule has 0 atom stereocenters. The van der Waals surface area contributed by atoms with Crippen molar-refractivity contribution in [1.82, 2.24) is 14.5 Å². The van der Waals surface area contributed by atoms with Gasteiger partial charge in [-0.2, -0.15) is 0 Å². The van der Waals surface area contributed by atoms with E-state index in [1.54, 1.807) is 0 Å². The fraction of sp³-hybridized carbons (Fsp3) is 0.316. The number of rotatable bonds is 1. The first-order chi connectivity index (χ1) is 11.4. The van der Waals surface area contributed by atoms with Crippen molar-refractivity contribution < 1.29 is 4.79 Å². The van der Waals surface area contributed by atoms with Gasteiger partial charge in [-0.1, -0.05) is 13.8 Å². The maximum Gasteiger partial charge on any atom is 0.165 e. The number of benzene rings is 1. The molecular formula is C19H20N4O. The van der Waals surface area contributed by atoms with E-state index in [-0.39, 0.29) is 11.2 Å². The molecule has 2 aromatic heterocycles. The largest absolute Gasteiger partial charge is 0.383 e. The van der Waals surface area contributed by atoms with Gasteiger partial charge in [-0.15, -0.1) is 0 Å². The number of nitrogens with two attached hydrogens (primary N) is 1. The minimum absolute atomic E-state index is 0.0178. The molecule has 24 heavy (non-hydrogen) atoms. The van der Waals surface area contributed by atoms with Crippen molar-refractivity contribution in [3.63, 3.8) is 0 Å². The highest BCUT2D eigenvalue weighted by Crippen LogP contribution is 2.37. The summed E-state index contributed by atoms with van der Waals surface area (Å²) in [5, 5.41) is 0.844. The first-order valence-corrected chi connectivity index (χ1v) is 8.11. The van der Waals surface area contributed by atoms with Gasteiger partial charge in [0.15, 0.2) is 5.78 Å². The quantitative estimate of drug-likeness (QED) is 0.745. The lowest BCUT2D eigenvalue weighted by Gasteiger charge is -2.30. The molecule has 0 fully saturated rings. The number of carbonyl (C=O) groups excluding carboxylic acids is 1. The number of hydrogen-bond donors (Lipinski definition) is 1. The van der Waals surface area contributed by atoms with Gasteiger partial charge in [-0.25, -0.2) is 9.97 Å². The SMILES string of the molecule is Cc1cc2c(n1-c1ccc3c(N)ncnc3c1)CC(C)(C)CC2=O. The van der Waals surface area contributed by atoms with E-state index in [0.29, 0.717) is 12.2 Å². The summed E-state index contributed by atoms with van der Waals surface area (Å²) < 4.78 is 2.17. The highest BCUT2D eigenvalue weighted by molar-refractivity contribution is 5.99. The Morgan fingerprint density at radius 2 is 1.96 bits per heavy atom. The summed E-state index contributed by atoms with van der Waals surface area (Å²) in [5.41, 5.74) is 10.7. The van der Waals surface area contributed by atoms with Gasteiger partial charge in [0.05, 0.1) is 5.52 Å². The average Bonchev–Trinajstić information content (AvgIpc) is 2.82. The van der Waals surface area contributed by atoms with Crippen LogP contribution in [0.5, 0.6) is 0 Å². The minimum Gasteiger partial charge on any atom is -0.383 e. The number of aromatic nitrogens is 3. The second kappa shape index (κ2) is 4.90. The van der Waals surface area contributed by atoms with E-state index in [9.17, 15) is 4.79 Å². The maximum atomic E-state index is 12.5. The molecule has 122 valence electrons. The van der Waals surface area contributed by atoms with Crippen LogP contribution in [0, 0.1) is 12.3 Å². The Kier molecular flexibility index (Phi) is 3.04. The topological polar surface area (TPSA) is 73.8 Å². The summed E-state index contributed by atoms with van der Waals surface area (Å²) in [6, 6.07) is 7.97. The number of ketones is 1. The molecule has 0 unspecified atom stereocenters. The fourth-order valence-electron chi connectivity index (χ4n) is 3.72. The molecule has 4 rings (SSSR count). The van der Waals surface area contributed by atoms with Crippen molar-refractivity contribution in [1.29, 1.82) is 0 Å². The molecule has 0 aliphatic heterocycles. The van der Waals surface area contributed by atoms with E-state index in [2.05, 4.69) is 28.4 Å². The first kappa shape index (κ1) is 14.9. The van der Waals surface area contributed by atoms with Crippen LogP contribution in [0.15, 0.2) is 30.6 Å². The van der Waals surface area contributed by atoms with Gasteiger partial charge >= 0.3 is 0 Å². The smallest absolute Gasteiger partial charge is 0.165 e. The van der Waals surface area contributed by atoms with E-state index in [1.807, 2.05) is 31.2 Å². The van der Waals surface area contributed by atoms with Gasteiger partial charge in [0.2, 0.25) is 0 Å². The van der Waals surface area contributed by atoms with Crippen LogP contribution < -0.4 is 5.73 Å². The molecule has 5 nitrogen and oxygen atoms in total. The van der Waals surface area contributed by atoms with Crippen molar-refractivity contribution in [2.75, 3.05) is 5.73 Å². The number of anilines is 1. The molecule has 1 aromatic carbocycles. The Morgan fingerprint density at radius 3 is 2.75 bits per heavy atom. The lowest BCUT2D eigenvalue weighted by Crippen LogP contribution is -2.27. The monoisotopic (exact) mass is 320 g/mol. The molecule has 0 amide bonds. The molecule has 0 spiro atoms. The summed E-state index contributed by atoms with van der Waals surface area (Å²) in [6.07, 6.45) is 2.96. The summed E-state index contributed by atoms with van der Waals surface area (Å²) in [5.74, 6) is 0.713. The zero-order valence-corrected chi connectivity index (χ0v) is 14.1. The number of aryl methyl sites for hydroxylation is 1. The van der Waals surface area contributed by atoms with Crippen molar-refractivity contribution in [2.45, 2.75) is 33.6 Å². The molecule has 1 aliphatic rings. The first-order valence-electron chi connectivity index (χ1n) is 8.11. The number of carbonyl (C=O) groups is 1. The van der Waals surface area contributed by atoms with Crippen molar-refractivity contribution in [3.05, 3.63) is 47.5 Å². The van der Waals surface area contributed by atoms with Gasteiger partial charge in [-0.3, -0.25) is 4.79 Å². The number of nitrogen functional groups attached to an aromatic ring is 1. The van der Waals surface area contributed by atoms with Gasteiger partial charge in [0.1, 0.15) is 12.1 Å². The van der Waals surface area contributed by atoms with Gasteiger partial charge in [0, 0.05) is 34.4 Å². The molecule has 0 saturated carbocycles. The second-order valence-corrected chi connectivity index (χ2v) is 7.38. The van der Waals surface area contributed by atoms with Crippen LogP contribution >= 0.6 is 0 Å². The molecule has 2 heterocycles. The van der Waals surface area contributed by atoms with Crippen LogP contribution in [0.4, 0.5) is 5.82 Å². The number of Topliss-reactive ketones (excluding diaryl/α,β-unsaturated/α-hetero) is 1. The van der Waals surface area contributed by atoms with E-state index in [1.165, 1.54) is 6.33 Å². The molecule has 5 heteroatoms. The predicted octanol–water partition coefficient (Wildman–Crippen LogP) is 3.47. The Bertz CT molecular complexity index is 984. The highest BCUT2D eigenvalue weighted by Gasteiger charge is 2.34.